The van der Waals surface area contributed by atoms with Crippen molar-refractivity contribution in [2.75, 3.05) is 18.5 Å². The normalized spacial score (nSPS) is 17.9. The number of nitrogens with one attached hydrogen (secondary N) is 1. The summed E-state index contributed by atoms with van der Waals surface area (Å²) >= 11 is 0. The molecular weight excluding hydrogens is 444 g/mol. The van der Waals surface area contributed by atoms with Crippen molar-refractivity contribution in [1.82, 2.24) is 19.5 Å². The van der Waals surface area contributed by atoms with Gasteiger partial charge in [0.1, 0.15) is 17.0 Å². The number of carbonyl (C=O) groups is 1. The Hall–Kier alpha value is -4.03. The van der Waals surface area contributed by atoms with Gasteiger partial charge in [0.2, 0.25) is 11.8 Å². The molecule has 178 valence electrons. The van der Waals surface area contributed by atoms with Crippen molar-refractivity contribution in [3.63, 3.8) is 0 Å². The van der Waals surface area contributed by atoms with Gasteiger partial charge in [0.15, 0.2) is 0 Å². The Morgan fingerprint density at radius 3 is 3.00 bits per heavy atom. The minimum Gasteiger partial charge on any atom is -0.476 e. The van der Waals surface area contributed by atoms with E-state index in [1.54, 1.807) is 30.6 Å². The summed E-state index contributed by atoms with van der Waals surface area (Å²) < 4.78 is 13.5. The summed E-state index contributed by atoms with van der Waals surface area (Å²) in [5, 5.41) is 13.2. The molecule has 3 aromatic heterocycles. The van der Waals surface area contributed by atoms with Crippen LogP contribution in [0.2, 0.25) is 0 Å². The highest BCUT2D eigenvalue weighted by Gasteiger charge is 2.27. The third-order valence-corrected chi connectivity index (χ3v) is 6.19. The van der Waals surface area contributed by atoms with Gasteiger partial charge in [-0.2, -0.15) is 5.26 Å². The van der Waals surface area contributed by atoms with Crippen molar-refractivity contribution in [2.45, 2.75) is 45.3 Å². The molecule has 1 amide bonds. The molecule has 2 atom stereocenters. The molecule has 9 heteroatoms. The minimum atomic E-state index is -0.217. The van der Waals surface area contributed by atoms with Crippen molar-refractivity contribution in [3.8, 4) is 11.9 Å². The van der Waals surface area contributed by atoms with Gasteiger partial charge in [0, 0.05) is 24.2 Å². The van der Waals surface area contributed by atoms with Gasteiger partial charge in [-0.15, -0.1) is 0 Å². The maximum absolute atomic E-state index is 13.1. The predicted octanol–water partition coefficient (Wildman–Crippen LogP) is 4.17. The first kappa shape index (κ1) is 22.7. The van der Waals surface area contributed by atoms with Gasteiger partial charge in [-0.1, -0.05) is 0 Å². The lowest BCUT2D eigenvalue weighted by Gasteiger charge is -2.30. The topological polar surface area (TPSA) is 115 Å². The number of benzene rings is 1. The van der Waals surface area contributed by atoms with Gasteiger partial charge in [-0.25, -0.2) is 9.97 Å². The summed E-state index contributed by atoms with van der Waals surface area (Å²) in [6.45, 7) is 5.01. The van der Waals surface area contributed by atoms with E-state index >= 15 is 0 Å². The number of pyridine rings is 2. The van der Waals surface area contributed by atoms with E-state index in [9.17, 15) is 10.1 Å². The van der Waals surface area contributed by atoms with Crippen LogP contribution in [0.25, 0.3) is 21.9 Å². The van der Waals surface area contributed by atoms with E-state index in [1.165, 1.54) is 0 Å². The van der Waals surface area contributed by atoms with Crippen LogP contribution in [0.1, 0.15) is 44.1 Å². The quantitative estimate of drug-likeness (QED) is 0.450. The molecule has 1 aromatic carbocycles. The Bertz CT molecular complexity index is 1440. The van der Waals surface area contributed by atoms with E-state index in [2.05, 4.69) is 32.8 Å². The molecule has 1 aliphatic rings. The van der Waals surface area contributed by atoms with E-state index in [1.807, 2.05) is 19.1 Å². The SMILES string of the molecule is CCOc1ncccc1NC(=O)Cc1nc2cnc3ccc(C#N)cc3c2n1[C@@H]1CCO[C@H](C)C1. The van der Waals surface area contributed by atoms with Gasteiger partial charge in [-0.05, 0) is 57.0 Å². The zero-order valence-corrected chi connectivity index (χ0v) is 19.7. The Balaban J connectivity index is 1.58. The van der Waals surface area contributed by atoms with E-state index in [0.717, 1.165) is 29.3 Å². The number of nitriles is 1. The van der Waals surface area contributed by atoms with Crippen molar-refractivity contribution in [3.05, 3.63) is 54.1 Å². The number of imidazole rings is 1. The fraction of sp³-hybridized carbons (Fsp3) is 0.346. The van der Waals surface area contributed by atoms with Crippen molar-refractivity contribution in [1.29, 1.82) is 5.26 Å². The van der Waals surface area contributed by atoms with Crippen molar-refractivity contribution in [2.24, 2.45) is 0 Å². The Kier molecular flexibility index (Phi) is 6.29. The molecular formula is C26H26N6O3. The van der Waals surface area contributed by atoms with Crippen molar-refractivity contribution < 1.29 is 14.3 Å². The van der Waals surface area contributed by atoms with Crippen LogP contribution < -0.4 is 10.1 Å². The number of nitrogens with zero attached hydrogens (tertiary/aromatic N) is 5. The van der Waals surface area contributed by atoms with E-state index in [0.29, 0.717) is 41.7 Å². The molecule has 4 heterocycles. The third kappa shape index (κ3) is 4.53. The van der Waals surface area contributed by atoms with E-state index in [4.69, 9.17) is 14.5 Å². The summed E-state index contributed by atoms with van der Waals surface area (Å²) in [4.78, 5) is 26.7. The smallest absolute Gasteiger partial charge is 0.237 e. The van der Waals surface area contributed by atoms with Crippen LogP contribution in [0.3, 0.4) is 0 Å². The second-order valence-corrected chi connectivity index (χ2v) is 8.61. The maximum atomic E-state index is 13.1. The summed E-state index contributed by atoms with van der Waals surface area (Å²) in [7, 11) is 0. The number of aromatic nitrogens is 4. The fourth-order valence-corrected chi connectivity index (χ4v) is 4.70. The molecule has 1 aliphatic heterocycles. The summed E-state index contributed by atoms with van der Waals surface area (Å²) in [5.41, 5.74) is 3.45. The maximum Gasteiger partial charge on any atom is 0.237 e. The number of hydrogen-bond acceptors (Lipinski definition) is 7. The second-order valence-electron chi connectivity index (χ2n) is 8.61. The van der Waals surface area contributed by atoms with Crippen LogP contribution >= 0.6 is 0 Å². The molecule has 1 saturated heterocycles. The molecule has 0 aliphatic carbocycles. The predicted molar refractivity (Wildman–Crippen MR) is 131 cm³/mol. The summed E-state index contributed by atoms with van der Waals surface area (Å²) in [6, 6.07) is 11.3. The van der Waals surface area contributed by atoms with Gasteiger partial charge >= 0.3 is 0 Å². The Labute approximate surface area is 202 Å². The Morgan fingerprint density at radius 2 is 2.20 bits per heavy atom. The van der Waals surface area contributed by atoms with Gasteiger partial charge < -0.3 is 19.4 Å². The number of ether oxygens (including phenoxy) is 2. The first-order valence-electron chi connectivity index (χ1n) is 11.8. The molecule has 0 unspecified atom stereocenters. The van der Waals surface area contributed by atoms with Crippen LogP contribution in [0.5, 0.6) is 5.88 Å². The van der Waals surface area contributed by atoms with Gasteiger partial charge in [-0.3, -0.25) is 9.78 Å². The molecule has 0 bridgehead atoms. The average molecular weight is 471 g/mol. The molecule has 4 aromatic rings. The fourth-order valence-electron chi connectivity index (χ4n) is 4.70. The number of rotatable bonds is 6. The standard InChI is InChI=1S/C26H26N6O3/c1-3-34-26-21(5-4-9-28-26)31-24(33)13-23-30-22-15-29-20-7-6-17(14-27)12-19(20)25(22)32(23)18-8-10-35-16(2)11-18/h4-7,9,12,15-16,18H,3,8,10-11,13H2,1-2H3,(H,31,33)/t16-,18-/m1/s1. The zero-order chi connectivity index (χ0) is 24.4. The summed E-state index contributed by atoms with van der Waals surface area (Å²) in [5.74, 6) is 0.815. The molecule has 5 rings (SSSR count). The van der Waals surface area contributed by atoms with Crippen LogP contribution in [0, 0.1) is 11.3 Å². The molecule has 0 saturated carbocycles. The molecule has 0 radical (unpaired) electrons. The number of carbonyl (C=O) groups excluding carboxylic acids is 1. The average Bonchev–Trinajstić information content (AvgIpc) is 3.23. The summed E-state index contributed by atoms with van der Waals surface area (Å²) in [6.07, 6.45) is 5.14. The minimum absolute atomic E-state index is 0.0698. The molecule has 0 spiro atoms. The van der Waals surface area contributed by atoms with Gasteiger partial charge in [0.05, 0.1) is 48.0 Å². The van der Waals surface area contributed by atoms with Crippen LogP contribution in [0.15, 0.2) is 42.7 Å². The third-order valence-electron chi connectivity index (χ3n) is 6.19. The highest BCUT2D eigenvalue weighted by molar-refractivity contribution is 6.03. The molecule has 9 nitrogen and oxygen atoms in total. The van der Waals surface area contributed by atoms with E-state index in [-0.39, 0.29) is 24.5 Å². The molecule has 1 N–H and O–H groups in total. The zero-order valence-electron chi connectivity index (χ0n) is 19.7. The van der Waals surface area contributed by atoms with Crippen LogP contribution in [-0.2, 0) is 16.0 Å². The van der Waals surface area contributed by atoms with Crippen LogP contribution in [-0.4, -0.2) is 44.7 Å². The second kappa shape index (κ2) is 9.68. The van der Waals surface area contributed by atoms with Crippen molar-refractivity contribution >= 4 is 33.5 Å². The number of fused-ring (bicyclic) bond motifs is 3. The number of hydrogen-bond donors (Lipinski definition) is 1. The highest BCUT2D eigenvalue weighted by atomic mass is 16.5. The van der Waals surface area contributed by atoms with E-state index < -0.39 is 0 Å². The largest absolute Gasteiger partial charge is 0.476 e. The Morgan fingerprint density at radius 1 is 1.31 bits per heavy atom. The number of anilines is 1. The number of amides is 1. The monoisotopic (exact) mass is 470 g/mol. The van der Waals surface area contributed by atoms with Crippen LogP contribution in [0.4, 0.5) is 5.69 Å². The van der Waals surface area contributed by atoms with Gasteiger partial charge in [0.25, 0.3) is 0 Å². The lowest BCUT2D eigenvalue weighted by Crippen LogP contribution is -2.27. The first-order chi connectivity index (χ1) is 17.1. The molecule has 35 heavy (non-hydrogen) atoms. The lowest BCUT2D eigenvalue weighted by molar-refractivity contribution is -0.115. The highest BCUT2D eigenvalue weighted by Crippen LogP contribution is 2.34. The lowest BCUT2D eigenvalue weighted by atomic mass is 10.0. The molecule has 1 fully saturated rings. The first-order valence-corrected chi connectivity index (χ1v) is 11.8.